The molecule has 0 unspecified atom stereocenters. The van der Waals surface area contributed by atoms with Gasteiger partial charge in [0.15, 0.2) is 0 Å². The zero-order chi connectivity index (χ0) is 13.1. The van der Waals surface area contributed by atoms with Gasteiger partial charge in [0.25, 0.3) is 0 Å². The van der Waals surface area contributed by atoms with E-state index >= 15 is 0 Å². The molecule has 0 aliphatic carbocycles. The summed E-state index contributed by atoms with van der Waals surface area (Å²) in [5.41, 5.74) is 4.27. The van der Waals surface area contributed by atoms with Gasteiger partial charge in [0.1, 0.15) is 5.75 Å². The van der Waals surface area contributed by atoms with Crippen LogP contribution in [-0.4, -0.2) is 13.7 Å². The molecule has 1 N–H and O–H groups in total. The summed E-state index contributed by atoms with van der Waals surface area (Å²) in [6.45, 7) is 2.00. The molecule has 0 amide bonds. The highest BCUT2D eigenvalue weighted by atomic mass is 16.5. The van der Waals surface area contributed by atoms with Crippen LogP contribution in [0.1, 0.15) is 22.6 Å². The van der Waals surface area contributed by atoms with Gasteiger partial charge >= 0.3 is 0 Å². The Bertz CT molecular complexity index is 547. The lowest BCUT2D eigenvalue weighted by molar-refractivity contribution is 0.414. The molecule has 2 heteroatoms. The fourth-order valence-electron chi connectivity index (χ4n) is 2.76. The average Bonchev–Trinajstić information content (AvgIpc) is 2.69. The maximum atomic E-state index is 5.22. The van der Waals surface area contributed by atoms with Gasteiger partial charge in [0.2, 0.25) is 0 Å². The normalized spacial score (nSPS) is 18.5. The lowest BCUT2D eigenvalue weighted by atomic mass is 9.91. The van der Waals surface area contributed by atoms with Gasteiger partial charge < -0.3 is 10.1 Å². The molecule has 98 valence electrons. The van der Waals surface area contributed by atoms with Crippen molar-refractivity contribution in [1.29, 1.82) is 0 Å². The molecular formula is C17H19NO. The Labute approximate surface area is 114 Å². The maximum Gasteiger partial charge on any atom is 0.118 e. The van der Waals surface area contributed by atoms with Gasteiger partial charge in [-0.2, -0.15) is 0 Å². The van der Waals surface area contributed by atoms with E-state index in [1.807, 2.05) is 12.1 Å². The number of methoxy groups -OCH3 is 1. The largest absolute Gasteiger partial charge is 0.497 e. The maximum absolute atomic E-state index is 5.22. The van der Waals surface area contributed by atoms with E-state index in [0.717, 1.165) is 25.3 Å². The topological polar surface area (TPSA) is 21.3 Å². The van der Waals surface area contributed by atoms with Gasteiger partial charge in [-0.1, -0.05) is 36.4 Å². The molecule has 1 heterocycles. The molecule has 0 aromatic heterocycles. The molecule has 19 heavy (non-hydrogen) atoms. The van der Waals surface area contributed by atoms with Crippen LogP contribution in [-0.2, 0) is 13.0 Å². The van der Waals surface area contributed by atoms with Gasteiger partial charge in [-0.05, 0) is 35.2 Å². The number of rotatable bonds is 2. The molecule has 1 atom stereocenters. The Morgan fingerprint density at radius 2 is 1.74 bits per heavy atom. The molecule has 0 radical (unpaired) electrons. The van der Waals surface area contributed by atoms with Gasteiger partial charge in [0, 0.05) is 19.0 Å². The smallest absolute Gasteiger partial charge is 0.118 e. The number of benzene rings is 2. The Morgan fingerprint density at radius 1 is 1.00 bits per heavy atom. The Kier molecular flexibility index (Phi) is 3.51. The number of hydrogen-bond acceptors (Lipinski definition) is 2. The van der Waals surface area contributed by atoms with Crippen LogP contribution in [0, 0.1) is 0 Å². The van der Waals surface area contributed by atoms with E-state index < -0.39 is 0 Å². The molecule has 1 aliphatic heterocycles. The van der Waals surface area contributed by atoms with Crippen LogP contribution < -0.4 is 10.1 Å². The van der Waals surface area contributed by atoms with Crippen LogP contribution in [0.15, 0.2) is 48.5 Å². The third-order valence-corrected chi connectivity index (χ3v) is 3.88. The Morgan fingerprint density at radius 3 is 2.47 bits per heavy atom. The molecular weight excluding hydrogens is 234 g/mol. The quantitative estimate of drug-likeness (QED) is 0.888. The van der Waals surface area contributed by atoms with E-state index in [9.17, 15) is 0 Å². The Hall–Kier alpha value is -1.80. The van der Waals surface area contributed by atoms with E-state index in [4.69, 9.17) is 4.74 Å². The zero-order valence-corrected chi connectivity index (χ0v) is 11.2. The summed E-state index contributed by atoms with van der Waals surface area (Å²) in [5, 5.41) is 3.55. The van der Waals surface area contributed by atoms with Crippen LogP contribution in [0.3, 0.4) is 0 Å². The summed E-state index contributed by atoms with van der Waals surface area (Å²) in [4.78, 5) is 0. The van der Waals surface area contributed by atoms with Crippen molar-refractivity contribution in [3.05, 3.63) is 65.2 Å². The van der Waals surface area contributed by atoms with Gasteiger partial charge in [-0.15, -0.1) is 0 Å². The fraction of sp³-hybridized carbons (Fsp3) is 0.294. The highest BCUT2D eigenvalue weighted by molar-refractivity contribution is 5.34. The van der Waals surface area contributed by atoms with E-state index in [1.54, 1.807) is 7.11 Å². The molecule has 1 aliphatic rings. The van der Waals surface area contributed by atoms with Crippen LogP contribution in [0.25, 0.3) is 0 Å². The number of ether oxygens (including phenoxy) is 1. The van der Waals surface area contributed by atoms with E-state index in [0.29, 0.717) is 5.92 Å². The molecule has 0 spiro atoms. The van der Waals surface area contributed by atoms with Crippen molar-refractivity contribution in [2.75, 3.05) is 13.7 Å². The van der Waals surface area contributed by atoms with Gasteiger partial charge in [-0.25, -0.2) is 0 Å². The minimum atomic E-state index is 0.537. The first-order chi connectivity index (χ1) is 9.36. The molecule has 2 aromatic carbocycles. The van der Waals surface area contributed by atoms with Crippen LogP contribution >= 0.6 is 0 Å². The van der Waals surface area contributed by atoms with Crippen molar-refractivity contribution in [3.8, 4) is 5.75 Å². The van der Waals surface area contributed by atoms with Crippen LogP contribution in [0.2, 0.25) is 0 Å². The van der Waals surface area contributed by atoms with Crippen molar-refractivity contribution >= 4 is 0 Å². The highest BCUT2D eigenvalue weighted by Crippen LogP contribution is 2.26. The van der Waals surface area contributed by atoms with Crippen molar-refractivity contribution in [2.45, 2.75) is 18.9 Å². The SMILES string of the molecule is COc1ccc([C@H]2CNCc3ccccc3C2)cc1. The van der Waals surface area contributed by atoms with E-state index in [2.05, 4.69) is 41.7 Å². The lowest BCUT2D eigenvalue weighted by Crippen LogP contribution is -2.19. The second-order valence-corrected chi connectivity index (χ2v) is 5.07. The monoisotopic (exact) mass is 253 g/mol. The minimum Gasteiger partial charge on any atom is -0.497 e. The minimum absolute atomic E-state index is 0.537. The highest BCUT2D eigenvalue weighted by Gasteiger charge is 2.17. The van der Waals surface area contributed by atoms with Crippen LogP contribution in [0.4, 0.5) is 0 Å². The fourth-order valence-corrected chi connectivity index (χ4v) is 2.76. The second kappa shape index (κ2) is 5.45. The predicted molar refractivity (Wildman–Crippen MR) is 77.6 cm³/mol. The van der Waals surface area contributed by atoms with E-state index in [-0.39, 0.29) is 0 Å². The third-order valence-electron chi connectivity index (χ3n) is 3.88. The molecule has 0 saturated carbocycles. The summed E-state index contributed by atoms with van der Waals surface area (Å²) < 4.78 is 5.22. The second-order valence-electron chi connectivity index (χ2n) is 5.07. The summed E-state index contributed by atoms with van der Waals surface area (Å²) in [6.07, 6.45) is 1.11. The van der Waals surface area contributed by atoms with E-state index in [1.165, 1.54) is 16.7 Å². The first kappa shape index (κ1) is 12.2. The van der Waals surface area contributed by atoms with Gasteiger partial charge in [0.05, 0.1) is 7.11 Å². The zero-order valence-electron chi connectivity index (χ0n) is 11.2. The molecule has 2 nitrogen and oxygen atoms in total. The average molecular weight is 253 g/mol. The standard InChI is InChI=1S/C17H19NO/c1-19-17-8-6-13(7-9-17)16-10-14-4-2-3-5-15(14)11-18-12-16/h2-9,16,18H,10-12H2,1H3/t16-/m1/s1. The summed E-state index contributed by atoms with van der Waals surface area (Å²) >= 11 is 0. The molecule has 0 bridgehead atoms. The predicted octanol–water partition coefficient (Wildman–Crippen LogP) is 3.12. The number of fused-ring (bicyclic) bond motifs is 1. The van der Waals surface area contributed by atoms with Gasteiger partial charge in [-0.3, -0.25) is 0 Å². The molecule has 0 fully saturated rings. The van der Waals surface area contributed by atoms with Crippen molar-refractivity contribution < 1.29 is 4.74 Å². The van der Waals surface area contributed by atoms with Crippen molar-refractivity contribution in [2.24, 2.45) is 0 Å². The summed E-state index contributed by atoms with van der Waals surface area (Å²) in [7, 11) is 1.71. The number of hydrogen-bond donors (Lipinski definition) is 1. The first-order valence-corrected chi connectivity index (χ1v) is 6.78. The lowest BCUT2D eigenvalue weighted by Gasteiger charge is -2.15. The van der Waals surface area contributed by atoms with Crippen molar-refractivity contribution in [1.82, 2.24) is 5.32 Å². The van der Waals surface area contributed by atoms with Crippen LogP contribution in [0.5, 0.6) is 5.75 Å². The molecule has 3 rings (SSSR count). The third kappa shape index (κ3) is 2.64. The summed E-state index contributed by atoms with van der Waals surface area (Å²) in [6, 6.07) is 17.2. The Balaban J connectivity index is 1.85. The number of nitrogens with one attached hydrogen (secondary N) is 1. The molecule has 0 saturated heterocycles. The molecule has 2 aromatic rings. The summed E-state index contributed by atoms with van der Waals surface area (Å²) in [5.74, 6) is 1.46. The van der Waals surface area contributed by atoms with Crippen molar-refractivity contribution in [3.63, 3.8) is 0 Å². The first-order valence-electron chi connectivity index (χ1n) is 6.78.